The van der Waals surface area contributed by atoms with E-state index in [4.69, 9.17) is 39.1 Å². The van der Waals surface area contributed by atoms with Crippen LogP contribution < -0.4 is 20.1 Å². The van der Waals surface area contributed by atoms with Gasteiger partial charge in [0.05, 0.1) is 37.8 Å². The van der Waals surface area contributed by atoms with E-state index in [9.17, 15) is 13.9 Å². The van der Waals surface area contributed by atoms with Gasteiger partial charge < -0.3 is 15.4 Å². The number of hydrogen-bond donors (Lipinski definition) is 3. The molecule has 1 aliphatic heterocycles. The molecule has 2 aromatic heterocycles. The molecule has 37 heavy (non-hydrogen) atoms. The van der Waals surface area contributed by atoms with Crippen LogP contribution in [0.4, 0.5) is 15.9 Å². The number of benzene rings is 1. The van der Waals surface area contributed by atoms with Gasteiger partial charge >= 0.3 is 0 Å². The van der Waals surface area contributed by atoms with Gasteiger partial charge in [0, 0.05) is 66.4 Å². The topological polar surface area (TPSA) is 141 Å². The van der Waals surface area contributed by atoms with Crippen LogP contribution in [0.2, 0.25) is 10.0 Å². The average Bonchev–Trinajstić information content (AvgIpc) is 2.82. The van der Waals surface area contributed by atoms with Gasteiger partial charge in [-0.1, -0.05) is 23.2 Å². The highest BCUT2D eigenvalue weighted by Crippen LogP contribution is 2.32. The van der Waals surface area contributed by atoms with E-state index in [1.54, 1.807) is 6.26 Å². The Hall–Kier alpha value is -3.30. The van der Waals surface area contributed by atoms with E-state index in [2.05, 4.69) is 20.8 Å². The predicted octanol–water partition coefficient (Wildman–Crippen LogP) is 3.83. The number of nitrogen functional groups attached to an aromatic ring is 1. The van der Waals surface area contributed by atoms with Crippen molar-refractivity contribution in [1.29, 1.82) is 10.7 Å². The first kappa shape index (κ1) is 26.8. The molecule has 0 amide bonds. The maximum absolute atomic E-state index is 14.6. The largest absolute Gasteiger partial charge is 0.486 e. The number of nitrogens with one attached hydrogen (secondary N) is 2. The van der Waals surface area contributed by atoms with Gasteiger partial charge in [-0.2, -0.15) is 5.26 Å². The minimum Gasteiger partial charge on any atom is -0.486 e. The van der Waals surface area contributed by atoms with Gasteiger partial charge in [-0.15, -0.1) is 0 Å². The quantitative estimate of drug-likeness (QED) is 0.280. The average molecular weight is 562 g/mol. The van der Waals surface area contributed by atoms with E-state index in [0.717, 1.165) is 6.07 Å². The third kappa shape index (κ3) is 5.67. The van der Waals surface area contributed by atoms with Crippen molar-refractivity contribution in [1.82, 2.24) is 14.7 Å². The minimum atomic E-state index is -1.17. The molecule has 0 saturated carbocycles. The highest BCUT2D eigenvalue weighted by Gasteiger charge is 2.41. The second-order valence-electron chi connectivity index (χ2n) is 8.80. The van der Waals surface area contributed by atoms with E-state index in [1.807, 2.05) is 11.8 Å². The van der Waals surface area contributed by atoms with Crippen LogP contribution >= 0.6 is 23.2 Å². The van der Waals surface area contributed by atoms with Gasteiger partial charge in [0.25, 0.3) is 0 Å². The fourth-order valence-electron chi connectivity index (χ4n) is 4.06. The molecular weight excluding hydrogens is 540 g/mol. The summed E-state index contributed by atoms with van der Waals surface area (Å²) in [4.78, 5) is 10.2. The van der Waals surface area contributed by atoms with Crippen molar-refractivity contribution in [3.8, 4) is 11.8 Å². The number of rotatable bonds is 8. The Morgan fingerprint density at radius 1 is 1.32 bits per heavy atom. The highest BCUT2D eigenvalue weighted by atomic mass is 35.5. The number of anilines is 2. The number of aromatic nitrogens is 2. The normalized spacial score (nSPS) is 15.0. The third-order valence-corrected chi connectivity index (χ3v) is 7.17. The first-order valence-corrected chi connectivity index (χ1v) is 13.2. The smallest absolute Gasteiger partial charge is 0.167 e. The Bertz CT molecular complexity index is 1440. The Morgan fingerprint density at radius 3 is 2.62 bits per heavy atom. The van der Waals surface area contributed by atoms with Crippen molar-refractivity contribution in [2.75, 3.05) is 30.0 Å². The summed E-state index contributed by atoms with van der Waals surface area (Å²) < 4.78 is 34.7. The maximum atomic E-state index is 14.6. The van der Waals surface area contributed by atoms with Gasteiger partial charge in [-0.25, -0.2) is 18.3 Å². The molecule has 4 rings (SSSR count). The Balaban J connectivity index is 1.57. The summed E-state index contributed by atoms with van der Waals surface area (Å²) >= 11 is 12.2. The third-order valence-electron chi connectivity index (χ3n) is 5.74. The molecule has 3 aromatic rings. The minimum absolute atomic E-state index is 0.0227. The Morgan fingerprint density at radius 2 is 2.00 bits per heavy atom. The number of ether oxygens (including phenoxy) is 1. The first-order chi connectivity index (χ1) is 17.5. The van der Waals surface area contributed by atoms with Crippen LogP contribution in [-0.4, -0.2) is 44.8 Å². The van der Waals surface area contributed by atoms with Gasteiger partial charge in [0.1, 0.15) is 18.5 Å². The van der Waals surface area contributed by atoms with Crippen LogP contribution in [0.15, 0.2) is 36.8 Å². The van der Waals surface area contributed by atoms with Gasteiger partial charge in [0.2, 0.25) is 0 Å². The molecule has 1 unspecified atom stereocenters. The molecule has 0 spiro atoms. The number of pyridine rings is 2. The number of hydrogen-bond acceptors (Lipinski definition) is 8. The molecular formula is C24H22Cl2FN7O2S. The van der Waals surface area contributed by atoms with Crippen LogP contribution in [0.1, 0.15) is 29.2 Å². The molecule has 1 atom stereocenters. The number of nitrogens with two attached hydrogens (primary N) is 1. The lowest BCUT2D eigenvalue weighted by Gasteiger charge is -2.48. The number of nitrogens with zero attached hydrogens (tertiary/aromatic N) is 4. The van der Waals surface area contributed by atoms with Crippen molar-refractivity contribution in [2.24, 2.45) is 0 Å². The highest BCUT2D eigenvalue weighted by molar-refractivity contribution is 7.82. The van der Waals surface area contributed by atoms with Gasteiger partial charge in [0.15, 0.2) is 11.6 Å². The standard InChI is InChI=1S/C24H22Cl2FN7O2S/c1-24(33-37(2)35)11-34(12-24)23-13(6-28)3-14(7-32-23)22(30)15-4-21(19(27)5-20(15)29)36-10-16-17(25)8-31-9-18(16)26/h3-5,7-9,30,33H,10-12,29H2,1-2H3. The van der Waals surface area contributed by atoms with Crippen LogP contribution in [0, 0.1) is 22.6 Å². The van der Waals surface area contributed by atoms with Crippen molar-refractivity contribution in [3.63, 3.8) is 0 Å². The fraction of sp³-hybridized carbons (Fsp3) is 0.250. The lowest BCUT2D eigenvalue weighted by Crippen LogP contribution is -2.68. The zero-order valence-corrected chi connectivity index (χ0v) is 22.1. The summed E-state index contributed by atoms with van der Waals surface area (Å²) in [6, 6.07) is 6.03. The summed E-state index contributed by atoms with van der Waals surface area (Å²) in [5.41, 5.74) is 6.85. The van der Waals surface area contributed by atoms with Crippen LogP contribution in [0.5, 0.6) is 5.75 Å². The van der Waals surface area contributed by atoms with Crippen molar-refractivity contribution < 1.29 is 13.3 Å². The molecule has 13 heteroatoms. The van der Waals surface area contributed by atoms with Crippen LogP contribution in [0.3, 0.4) is 0 Å². The molecule has 9 nitrogen and oxygen atoms in total. The van der Waals surface area contributed by atoms with Gasteiger partial charge in [-0.05, 0) is 19.1 Å². The second kappa shape index (κ2) is 10.6. The van der Waals surface area contributed by atoms with E-state index >= 15 is 0 Å². The Labute approximate surface area is 225 Å². The fourth-order valence-corrected chi connectivity index (χ4v) is 5.36. The van der Waals surface area contributed by atoms with Gasteiger partial charge in [-0.3, -0.25) is 10.4 Å². The molecule has 1 aromatic carbocycles. The first-order valence-electron chi connectivity index (χ1n) is 10.9. The summed E-state index contributed by atoms with van der Waals surface area (Å²) in [5.74, 6) is -0.407. The summed E-state index contributed by atoms with van der Waals surface area (Å²) in [6.07, 6.45) is 5.82. The van der Waals surface area contributed by atoms with Crippen molar-refractivity contribution in [3.05, 3.63) is 74.9 Å². The molecule has 3 heterocycles. The molecule has 0 radical (unpaired) electrons. The molecule has 1 fully saturated rings. The Kier molecular flexibility index (Phi) is 7.66. The summed E-state index contributed by atoms with van der Waals surface area (Å²) in [7, 11) is -1.17. The number of halogens is 3. The molecule has 4 N–H and O–H groups in total. The van der Waals surface area contributed by atoms with Crippen LogP contribution in [0.25, 0.3) is 0 Å². The predicted molar refractivity (Wildman–Crippen MR) is 142 cm³/mol. The van der Waals surface area contributed by atoms with E-state index < -0.39 is 16.8 Å². The van der Waals surface area contributed by atoms with Crippen molar-refractivity contribution in [2.45, 2.75) is 19.1 Å². The zero-order chi connectivity index (χ0) is 26.9. The lowest BCUT2D eigenvalue weighted by atomic mass is 9.93. The molecule has 0 aliphatic carbocycles. The van der Waals surface area contributed by atoms with Crippen LogP contribution in [-0.2, 0) is 17.6 Å². The zero-order valence-electron chi connectivity index (χ0n) is 19.8. The molecule has 1 aliphatic rings. The monoisotopic (exact) mass is 561 g/mol. The molecule has 0 bridgehead atoms. The van der Waals surface area contributed by atoms with Crippen molar-refractivity contribution >= 4 is 51.4 Å². The lowest BCUT2D eigenvalue weighted by molar-refractivity contribution is 0.290. The van der Waals surface area contributed by atoms with E-state index in [1.165, 1.54) is 30.7 Å². The van der Waals surface area contributed by atoms with E-state index in [-0.39, 0.29) is 50.5 Å². The maximum Gasteiger partial charge on any atom is 0.167 e. The SMILES string of the molecule is CS(=O)NC1(C)CN(c2ncc(C(=N)c3cc(OCc4c(Cl)cncc4Cl)c(F)cc3N)cc2C#N)C1. The number of nitriles is 1. The molecule has 1 saturated heterocycles. The second-order valence-corrected chi connectivity index (χ2v) is 10.7. The summed E-state index contributed by atoms with van der Waals surface area (Å²) in [6.45, 7) is 2.84. The van der Waals surface area contributed by atoms with E-state index in [0.29, 0.717) is 30.0 Å². The summed E-state index contributed by atoms with van der Waals surface area (Å²) in [5, 5.41) is 18.9. The molecule has 192 valence electrons.